The van der Waals surface area contributed by atoms with Gasteiger partial charge in [-0.25, -0.2) is 4.79 Å². The van der Waals surface area contributed by atoms with Crippen LogP contribution in [-0.2, 0) is 11.3 Å². The molecule has 2 N–H and O–H groups in total. The topological polar surface area (TPSA) is 50.4 Å². The second-order valence-corrected chi connectivity index (χ2v) is 5.22. The zero-order chi connectivity index (χ0) is 15.1. The second-order valence-electron chi connectivity index (χ2n) is 4.37. The number of hydrogen-bond acceptors (Lipinski definition) is 3. The molecule has 0 aromatic heterocycles. The summed E-state index contributed by atoms with van der Waals surface area (Å²) in [5, 5.41) is 5.99. The fourth-order valence-corrected chi connectivity index (χ4v) is 2.22. The van der Waals surface area contributed by atoms with Gasteiger partial charge in [-0.2, -0.15) is 0 Å². The Morgan fingerprint density at radius 1 is 1.10 bits per heavy atom. The maximum atomic E-state index is 11.3. The smallest absolute Gasteiger partial charge is 0.411 e. The molecule has 0 spiro atoms. The van der Waals surface area contributed by atoms with Gasteiger partial charge in [-0.1, -0.05) is 34.1 Å². The largest absolute Gasteiger partial charge is 0.450 e. The third-order valence-corrected chi connectivity index (χ3v) is 3.62. The molecular weight excluding hydrogens is 332 g/mol. The highest BCUT2D eigenvalue weighted by atomic mass is 79.9. The van der Waals surface area contributed by atoms with E-state index in [9.17, 15) is 4.79 Å². The Bertz CT molecular complexity index is 599. The molecule has 21 heavy (non-hydrogen) atoms. The molecule has 0 saturated carbocycles. The number of rotatable bonds is 5. The number of benzene rings is 2. The van der Waals surface area contributed by atoms with E-state index in [1.807, 2.05) is 42.5 Å². The van der Waals surface area contributed by atoms with Gasteiger partial charge in [0.15, 0.2) is 0 Å². The van der Waals surface area contributed by atoms with Crippen molar-refractivity contribution in [3.63, 3.8) is 0 Å². The van der Waals surface area contributed by atoms with Gasteiger partial charge in [0.1, 0.15) is 0 Å². The van der Waals surface area contributed by atoms with Gasteiger partial charge in [0.2, 0.25) is 0 Å². The molecule has 0 heterocycles. The zero-order valence-corrected chi connectivity index (χ0v) is 13.3. The van der Waals surface area contributed by atoms with Crippen molar-refractivity contribution in [2.75, 3.05) is 17.2 Å². The van der Waals surface area contributed by atoms with Gasteiger partial charge in [-0.15, -0.1) is 0 Å². The van der Waals surface area contributed by atoms with E-state index in [0.29, 0.717) is 12.3 Å². The highest BCUT2D eigenvalue weighted by Gasteiger charge is 2.02. The minimum Gasteiger partial charge on any atom is -0.450 e. The molecule has 0 aliphatic heterocycles. The standard InChI is InChI=1S/C16H17BrN2O2/c1-2-21-16(20)19-14-9-7-13(8-10-14)18-11-12-5-3-4-6-15(12)17/h3-10,18H,2,11H2,1H3,(H,19,20). The van der Waals surface area contributed by atoms with Crippen molar-refractivity contribution >= 4 is 33.4 Å². The average Bonchev–Trinajstić information content (AvgIpc) is 2.48. The van der Waals surface area contributed by atoms with Crippen molar-refractivity contribution in [1.82, 2.24) is 0 Å². The van der Waals surface area contributed by atoms with Gasteiger partial charge >= 0.3 is 6.09 Å². The van der Waals surface area contributed by atoms with Crippen LogP contribution in [0.1, 0.15) is 12.5 Å². The summed E-state index contributed by atoms with van der Waals surface area (Å²) < 4.78 is 5.91. The van der Waals surface area contributed by atoms with Crippen LogP contribution in [0.25, 0.3) is 0 Å². The van der Waals surface area contributed by atoms with Crippen LogP contribution in [0.15, 0.2) is 53.0 Å². The van der Waals surface area contributed by atoms with Crippen molar-refractivity contribution in [2.45, 2.75) is 13.5 Å². The summed E-state index contributed by atoms with van der Waals surface area (Å²) in [7, 11) is 0. The molecular formula is C16H17BrN2O2. The molecule has 5 heteroatoms. The molecule has 0 fully saturated rings. The Kier molecular flexibility index (Phi) is 5.63. The number of hydrogen-bond donors (Lipinski definition) is 2. The van der Waals surface area contributed by atoms with E-state index >= 15 is 0 Å². The van der Waals surface area contributed by atoms with Crippen molar-refractivity contribution in [3.8, 4) is 0 Å². The molecule has 2 aromatic carbocycles. The normalized spacial score (nSPS) is 10.0. The van der Waals surface area contributed by atoms with E-state index in [4.69, 9.17) is 4.74 Å². The van der Waals surface area contributed by atoms with E-state index in [-0.39, 0.29) is 0 Å². The Balaban J connectivity index is 1.91. The molecule has 0 atom stereocenters. The number of ether oxygens (including phenoxy) is 1. The molecule has 0 saturated heterocycles. The molecule has 0 aliphatic rings. The summed E-state index contributed by atoms with van der Waals surface area (Å²) in [5.41, 5.74) is 2.88. The van der Waals surface area contributed by atoms with Gasteiger partial charge in [0.25, 0.3) is 0 Å². The SMILES string of the molecule is CCOC(=O)Nc1ccc(NCc2ccccc2Br)cc1. The summed E-state index contributed by atoms with van der Waals surface area (Å²) in [5.74, 6) is 0. The first-order valence-electron chi connectivity index (χ1n) is 6.70. The number of carbonyl (C=O) groups excluding carboxylic acids is 1. The lowest BCUT2D eigenvalue weighted by atomic mass is 10.2. The summed E-state index contributed by atoms with van der Waals surface area (Å²) in [4.78, 5) is 11.3. The molecule has 110 valence electrons. The number of halogens is 1. The summed E-state index contributed by atoms with van der Waals surface area (Å²) in [6.07, 6.45) is -0.438. The Morgan fingerprint density at radius 2 is 1.76 bits per heavy atom. The number of anilines is 2. The lowest BCUT2D eigenvalue weighted by Crippen LogP contribution is -2.13. The third kappa shape index (κ3) is 4.79. The van der Waals surface area contributed by atoms with Gasteiger partial charge in [0, 0.05) is 22.4 Å². The first-order valence-corrected chi connectivity index (χ1v) is 7.49. The van der Waals surface area contributed by atoms with Crippen LogP contribution in [0.5, 0.6) is 0 Å². The predicted molar refractivity (Wildman–Crippen MR) is 88.6 cm³/mol. The molecule has 0 unspecified atom stereocenters. The lowest BCUT2D eigenvalue weighted by molar-refractivity contribution is 0.168. The Hall–Kier alpha value is -2.01. The van der Waals surface area contributed by atoms with Gasteiger partial charge < -0.3 is 10.1 Å². The van der Waals surface area contributed by atoms with E-state index < -0.39 is 6.09 Å². The minimum atomic E-state index is -0.438. The Labute approximate surface area is 132 Å². The van der Waals surface area contributed by atoms with Crippen molar-refractivity contribution in [1.29, 1.82) is 0 Å². The first kappa shape index (κ1) is 15.4. The minimum absolute atomic E-state index is 0.359. The first-order chi connectivity index (χ1) is 10.2. The number of carbonyl (C=O) groups is 1. The monoisotopic (exact) mass is 348 g/mol. The fourth-order valence-electron chi connectivity index (χ4n) is 1.80. The van der Waals surface area contributed by atoms with Gasteiger partial charge in [-0.3, -0.25) is 5.32 Å². The summed E-state index contributed by atoms with van der Waals surface area (Å²) in [6, 6.07) is 15.6. The van der Waals surface area contributed by atoms with E-state index in [2.05, 4.69) is 32.6 Å². The maximum Gasteiger partial charge on any atom is 0.411 e. The molecule has 1 amide bonds. The molecule has 0 aliphatic carbocycles. The van der Waals surface area contributed by atoms with Crippen LogP contribution in [-0.4, -0.2) is 12.7 Å². The predicted octanol–water partition coefficient (Wildman–Crippen LogP) is 4.63. The fraction of sp³-hybridized carbons (Fsp3) is 0.188. The van der Waals surface area contributed by atoms with Crippen LogP contribution in [0, 0.1) is 0 Å². The molecule has 0 bridgehead atoms. The number of amides is 1. The summed E-state index contributed by atoms with van der Waals surface area (Å²) >= 11 is 3.52. The molecule has 0 radical (unpaired) electrons. The van der Waals surface area contributed by atoms with Gasteiger partial charge in [0.05, 0.1) is 6.61 Å². The molecule has 4 nitrogen and oxygen atoms in total. The third-order valence-electron chi connectivity index (χ3n) is 2.85. The lowest BCUT2D eigenvalue weighted by Gasteiger charge is -2.09. The number of nitrogens with one attached hydrogen (secondary N) is 2. The van der Waals surface area contributed by atoms with E-state index in [1.165, 1.54) is 5.56 Å². The van der Waals surface area contributed by atoms with Crippen LogP contribution in [0.4, 0.5) is 16.2 Å². The van der Waals surface area contributed by atoms with E-state index in [1.54, 1.807) is 6.92 Å². The Morgan fingerprint density at radius 3 is 2.43 bits per heavy atom. The van der Waals surface area contributed by atoms with Crippen molar-refractivity contribution in [3.05, 3.63) is 58.6 Å². The highest BCUT2D eigenvalue weighted by Crippen LogP contribution is 2.19. The van der Waals surface area contributed by atoms with Crippen molar-refractivity contribution < 1.29 is 9.53 Å². The van der Waals surface area contributed by atoms with Crippen LogP contribution < -0.4 is 10.6 Å². The summed E-state index contributed by atoms with van der Waals surface area (Å²) in [6.45, 7) is 2.86. The van der Waals surface area contributed by atoms with Gasteiger partial charge in [-0.05, 0) is 42.8 Å². The molecule has 2 aromatic rings. The highest BCUT2D eigenvalue weighted by molar-refractivity contribution is 9.10. The molecule has 2 rings (SSSR count). The van der Waals surface area contributed by atoms with E-state index in [0.717, 1.165) is 16.7 Å². The second kappa shape index (κ2) is 7.69. The zero-order valence-electron chi connectivity index (χ0n) is 11.7. The quantitative estimate of drug-likeness (QED) is 0.828. The van der Waals surface area contributed by atoms with Crippen molar-refractivity contribution in [2.24, 2.45) is 0 Å². The van der Waals surface area contributed by atoms with Crippen LogP contribution in [0.3, 0.4) is 0 Å². The van der Waals surface area contributed by atoms with Crippen LogP contribution >= 0.6 is 15.9 Å². The average molecular weight is 349 g/mol. The maximum absolute atomic E-state index is 11.3. The van der Waals surface area contributed by atoms with Crippen LogP contribution in [0.2, 0.25) is 0 Å².